The van der Waals surface area contributed by atoms with E-state index in [9.17, 15) is 14.9 Å². The van der Waals surface area contributed by atoms with E-state index >= 15 is 0 Å². The lowest BCUT2D eigenvalue weighted by atomic mass is 10.2. The predicted molar refractivity (Wildman–Crippen MR) is 103 cm³/mol. The van der Waals surface area contributed by atoms with Crippen molar-refractivity contribution in [3.05, 3.63) is 76.9 Å². The average Bonchev–Trinajstić information content (AvgIpc) is 2.74. The van der Waals surface area contributed by atoms with Crippen molar-refractivity contribution in [3.8, 4) is 0 Å². The average molecular weight is 379 g/mol. The van der Waals surface area contributed by atoms with Crippen LogP contribution in [0, 0.1) is 10.1 Å². The van der Waals surface area contributed by atoms with E-state index in [1.54, 1.807) is 17.0 Å². The van der Waals surface area contributed by atoms with E-state index in [0.29, 0.717) is 6.54 Å². The fourth-order valence-electron chi connectivity index (χ4n) is 2.57. The maximum Gasteiger partial charge on any atom is 0.355 e. The number of hydrogen-bond acceptors (Lipinski definition) is 8. The number of amides is 1. The molecule has 0 atom stereocenters. The van der Waals surface area contributed by atoms with E-state index in [2.05, 4.69) is 25.8 Å². The number of nitro groups is 1. The third kappa shape index (κ3) is 4.01. The highest BCUT2D eigenvalue weighted by Gasteiger charge is 2.27. The summed E-state index contributed by atoms with van der Waals surface area (Å²) in [6.45, 7) is 2.30. The van der Waals surface area contributed by atoms with E-state index < -0.39 is 10.8 Å². The first kappa shape index (κ1) is 18.7. The molecule has 10 nitrogen and oxygen atoms in total. The number of hydrogen-bond donors (Lipinski definition) is 2. The Morgan fingerprint density at radius 3 is 2.50 bits per heavy atom. The molecule has 0 saturated carbocycles. The molecule has 0 saturated heterocycles. The summed E-state index contributed by atoms with van der Waals surface area (Å²) in [5, 5.41) is 11.7. The summed E-state index contributed by atoms with van der Waals surface area (Å²) in [6, 6.07) is 14.0. The Kier molecular flexibility index (Phi) is 5.70. The number of rotatable bonds is 7. The number of benzene rings is 1. The minimum Gasteiger partial charge on any atom is -0.321 e. The van der Waals surface area contributed by atoms with Crippen LogP contribution in [0.3, 0.4) is 0 Å². The smallest absolute Gasteiger partial charge is 0.321 e. The molecule has 1 amide bonds. The van der Waals surface area contributed by atoms with Crippen molar-refractivity contribution in [2.45, 2.75) is 6.92 Å². The zero-order chi connectivity index (χ0) is 19.9. The number of carbonyl (C=O) groups excluding carboxylic acids is 1. The van der Waals surface area contributed by atoms with Gasteiger partial charge in [-0.1, -0.05) is 24.3 Å². The van der Waals surface area contributed by atoms with Gasteiger partial charge >= 0.3 is 5.69 Å². The molecule has 3 aromatic rings. The van der Waals surface area contributed by atoms with Crippen molar-refractivity contribution in [3.63, 3.8) is 0 Å². The second-order valence-corrected chi connectivity index (χ2v) is 5.53. The molecule has 0 aliphatic rings. The summed E-state index contributed by atoms with van der Waals surface area (Å²) >= 11 is 0. The van der Waals surface area contributed by atoms with E-state index in [4.69, 9.17) is 0 Å². The van der Waals surface area contributed by atoms with Crippen molar-refractivity contribution in [2.75, 3.05) is 16.9 Å². The van der Waals surface area contributed by atoms with Crippen molar-refractivity contribution in [2.24, 2.45) is 0 Å². The molecular weight excluding hydrogens is 362 g/mol. The summed E-state index contributed by atoms with van der Waals surface area (Å²) in [6.07, 6.45) is 2.67. The largest absolute Gasteiger partial charge is 0.355 e. The van der Waals surface area contributed by atoms with Gasteiger partial charge in [-0.15, -0.1) is 0 Å². The van der Waals surface area contributed by atoms with Crippen LogP contribution in [0.15, 0.2) is 61.1 Å². The Labute approximate surface area is 160 Å². The van der Waals surface area contributed by atoms with Gasteiger partial charge in [-0.3, -0.25) is 30.7 Å². The van der Waals surface area contributed by atoms with Crippen LogP contribution >= 0.6 is 0 Å². The summed E-state index contributed by atoms with van der Waals surface area (Å²) < 4.78 is 0. The molecule has 28 heavy (non-hydrogen) atoms. The van der Waals surface area contributed by atoms with Gasteiger partial charge in [0.05, 0.1) is 4.92 Å². The van der Waals surface area contributed by atoms with Crippen molar-refractivity contribution >= 4 is 28.9 Å². The quantitative estimate of drug-likeness (QED) is 0.474. The number of aromatic nitrogens is 3. The number of pyridine rings is 1. The highest BCUT2D eigenvalue weighted by Crippen LogP contribution is 2.35. The van der Waals surface area contributed by atoms with Crippen LogP contribution in [0.4, 0.5) is 23.0 Å². The van der Waals surface area contributed by atoms with E-state index in [0.717, 1.165) is 5.69 Å². The van der Waals surface area contributed by atoms with Gasteiger partial charge in [0, 0.05) is 18.4 Å². The first-order chi connectivity index (χ1) is 13.6. The van der Waals surface area contributed by atoms with Crippen LogP contribution in [-0.4, -0.2) is 32.3 Å². The van der Waals surface area contributed by atoms with Crippen LogP contribution in [0.5, 0.6) is 0 Å². The number of hydrazine groups is 1. The van der Waals surface area contributed by atoms with Gasteiger partial charge in [-0.25, -0.2) is 9.97 Å². The zero-order valence-corrected chi connectivity index (χ0v) is 14.9. The van der Waals surface area contributed by atoms with Gasteiger partial charge in [-0.05, 0) is 31.2 Å². The standard InChI is InChI=1S/C18H17N7O3/c1-2-24(13-8-4-3-5-9-13)17-15(25(27)28)16(20-12-21-17)22-23-18(26)14-10-6-7-11-19-14/h3-12H,2H2,1H3,(H,23,26)(H,20,21,22). The van der Waals surface area contributed by atoms with E-state index in [1.165, 1.54) is 18.6 Å². The Hall–Kier alpha value is -4.08. The topological polar surface area (TPSA) is 126 Å². The first-order valence-electron chi connectivity index (χ1n) is 8.41. The first-order valence-corrected chi connectivity index (χ1v) is 8.41. The highest BCUT2D eigenvalue weighted by molar-refractivity contribution is 5.93. The molecule has 0 unspecified atom stereocenters. The Bertz CT molecular complexity index is 967. The highest BCUT2D eigenvalue weighted by atomic mass is 16.6. The number of nitrogens with zero attached hydrogens (tertiary/aromatic N) is 5. The maximum absolute atomic E-state index is 12.1. The Morgan fingerprint density at radius 2 is 1.86 bits per heavy atom. The lowest BCUT2D eigenvalue weighted by Crippen LogP contribution is -2.31. The molecule has 142 valence electrons. The lowest BCUT2D eigenvalue weighted by Gasteiger charge is -2.22. The summed E-state index contributed by atoms with van der Waals surface area (Å²) in [7, 11) is 0. The van der Waals surface area contributed by atoms with E-state index in [-0.39, 0.29) is 23.0 Å². The lowest BCUT2D eigenvalue weighted by molar-refractivity contribution is -0.383. The van der Waals surface area contributed by atoms with Gasteiger partial charge in [0.2, 0.25) is 11.6 Å². The van der Waals surface area contributed by atoms with Gasteiger partial charge in [-0.2, -0.15) is 0 Å². The van der Waals surface area contributed by atoms with Crippen LogP contribution in [0.1, 0.15) is 17.4 Å². The molecule has 2 aromatic heterocycles. The zero-order valence-electron chi connectivity index (χ0n) is 14.9. The molecule has 2 N–H and O–H groups in total. The number of nitrogens with one attached hydrogen (secondary N) is 2. The molecule has 0 bridgehead atoms. The van der Waals surface area contributed by atoms with Crippen molar-refractivity contribution < 1.29 is 9.72 Å². The number of carbonyl (C=O) groups is 1. The van der Waals surface area contributed by atoms with Gasteiger partial charge in [0.1, 0.15) is 12.0 Å². The van der Waals surface area contributed by atoms with Gasteiger partial charge in [0.15, 0.2) is 0 Å². The molecule has 0 radical (unpaired) electrons. The molecule has 0 aliphatic carbocycles. The second-order valence-electron chi connectivity index (χ2n) is 5.53. The van der Waals surface area contributed by atoms with Crippen LogP contribution in [-0.2, 0) is 0 Å². The maximum atomic E-state index is 12.1. The third-order valence-electron chi connectivity index (χ3n) is 3.82. The Balaban J connectivity index is 1.91. The van der Waals surface area contributed by atoms with Crippen LogP contribution in [0.25, 0.3) is 0 Å². The minimum atomic E-state index is -0.587. The van der Waals surface area contributed by atoms with Gasteiger partial charge in [0.25, 0.3) is 5.91 Å². The number of anilines is 3. The summed E-state index contributed by atoms with van der Waals surface area (Å²) in [5.74, 6) is -0.567. The second kappa shape index (κ2) is 8.54. The molecule has 3 rings (SSSR count). The molecule has 0 fully saturated rings. The molecule has 1 aromatic carbocycles. The monoisotopic (exact) mass is 379 g/mol. The molecule has 10 heteroatoms. The minimum absolute atomic E-state index is 0.114. The van der Waals surface area contributed by atoms with Crippen molar-refractivity contribution in [1.29, 1.82) is 0 Å². The molecule has 2 heterocycles. The molecular formula is C18H17N7O3. The fraction of sp³-hybridized carbons (Fsp3) is 0.111. The van der Waals surface area contributed by atoms with Crippen molar-refractivity contribution in [1.82, 2.24) is 20.4 Å². The third-order valence-corrected chi connectivity index (χ3v) is 3.82. The summed E-state index contributed by atoms with van der Waals surface area (Å²) in [4.78, 5) is 36.9. The van der Waals surface area contributed by atoms with Crippen LogP contribution in [0.2, 0.25) is 0 Å². The Morgan fingerprint density at radius 1 is 1.11 bits per heavy atom. The predicted octanol–water partition coefficient (Wildman–Crippen LogP) is 2.69. The van der Waals surface area contributed by atoms with Crippen LogP contribution < -0.4 is 15.8 Å². The molecule has 0 spiro atoms. The van der Waals surface area contributed by atoms with E-state index in [1.807, 2.05) is 37.3 Å². The van der Waals surface area contributed by atoms with Gasteiger partial charge < -0.3 is 4.90 Å². The normalized spacial score (nSPS) is 10.2. The fourth-order valence-corrected chi connectivity index (χ4v) is 2.57. The molecule has 0 aliphatic heterocycles. The SMILES string of the molecule is CCN(c1ccccc1)c1ncnc(NNC(=O)c2ccccn2)c1[N+](=O)[O-]. The number of para-hydroxylation sites is 1. The summed E-state index contributed by atoms with van der Waals surface area (Å²) in [5.41, 5.74) is 5.43.